The van der Waals surface area contributed by atoms with Gasteiger partial charge >= 0.3 is 6.36 Å². The lowest BCUT2D eigenvalue weighted by Gasteiger charge is -2.32. The first-order chi connectivity index (χ1) is 10.8. The van der Waals surface area contributed by atoms with Crippen LogP contribution < -0.4 is 10.1 Å². The molecule has 2 rings (SSSR count). The maximum Gasteiger partial charge on any atom is 0.573 e. The normalized spacial score (nSPS) is 17.2. The number of nitrogens with zero attached hydrogens (tertiary/aromatic N) is 1. The highest BCUT2D eigenvalue weighted by Gasteiger charge is 2.30. The SMILES string of the molecule is C=C(C)CN1CCC(NCc2ccc(OC(F)(F)F)cc2)CC1. The Balaban J connectivity index is 1.73. The molecule has 128 valence electrons. The summed E-state index contributed by atoms with van der Waals surface area (Å²) in [6.45, 7) is 9.66. The van der Waals surface area contributed by atoms with Gasteiger partial charge in [-0.2, -0.15) is 0 Å². The monoisotopic (exact) mass is 328 g/mol. The first-order valence-electron chi connectivity index (χ1n) is 7.76. The second-order valence-corrected chi connectivity index (χ2v) is 6.08. The predicted molar refractivity (Wildman–Crippen MR) is 84.2 cm³/mol. The second-order valence-electron chi connectivity index (χ2n) is 6.08. The summed E-state index contributed by atoms with van der Waals surface area (Å²) >= 11 is 0. The second kappa shape index (κ2) is 7.84. The molecule has 23 heavy (non-hydrogen) atoms. The summed E-state index contributed by atoms with van der Waals surface area (Å²) in [5, 5.41) is 3.47. The van der Waals surface area contributed by atoms with Gasteiger partial charge in [0.05, 0.1) is 0 Å². The van der Waals surface area contributed by atoms with Gasteiger partial charge < -0.3 is 10.1 Å². The lowest BCUT2D eigenvalue weighted by atomic mass is 10.0. The fourth-order valence-electron chi connectivity index (χ4n) is 2.75. The van der Waals surface area contributed by atoms with Crippen LogP contribution in [0.1, 0.15) is 25.3 Å². The molecule has 3 nitrogen and oxygen atoms in total. The lowest BCUT2D eigenvalue weighted by molar-refractivity contribution is -0.274. The number of nitrogens with one attached hydrogen (secondary N) is 1. The zero-order chi connectivity index (χ0) is 16.9. The molecule has 6 heteroatoms. The number of halogens is 3. The Kier molecular flexibility index (Phi) is 6.07. The van der Waals surface area contributed by atoms with Crippen molar-refractivity contribution in [3.05, 3.63) is 42.0 Å². The van der Waals surface area contributed by atoms with Gasteiger partial charge in [0.1, 0.15) is 5.75 Å². The molecule has 0 amide bonds. The highest BCUT2D eigenvalue weighted by Crippen LogP contribution is 2.22. The molecule has 0 aromatic heterocycles. The van der Waals surface area contributed by atoms with E-state index in [1.165, 1.54) is 17.7 Å². The van der Waals surface area contributed by atoms with Crippen molar-refractivity contribution in [3.63, 3.8) is 0 Å². The van der Waals surface area contributed by atoms with Gasteiger partial charge in [0.25, 0.3) is 0 Å². The molecule has 0 aliphatic carbocycles. The number of benzene rings is 1. The number of hydrogen-bond acceptors (Lipinski definition) is 3. The van der Waals surface area contributed by atoms with Gasteiger partial charge in [-0.05, 0) is 50.6 Å². The number of piperidine rings is 1. The van der Waals surface area contributed by atoms with Crippen LogP contribution >= 0.6 is 0 Å². The highest BCUT2D eigenvalue weighted by molar-refractivity contribution is 5.27. The molecule has 1 saturated heterocycles. The molecule has 1 heterocycles. The van der Waals surface area contributed by atoms with Gasteiger partial charge in [-0.15, -0.1) is 13.2 Å². The van der Waals surface area contributed by atoms with Crippen LogP contribution in [0, 0.1) is 0 Å². The van der Waals surface area contributed by atoms with E-state index in [4.69, 9.17) is 0 Å². The molecule has 0 atom stereocenters. The molecule has 1 aromatic carbocycles. The fraction of sp³-hybridized carbons (Fsp3) is 0.529. The zero-order valence-electron chi connectivity index (χ0n) is 13.3. The summed E-state index contributed by atoms with van der Waals surface area (Å²) in [5.74, 6) is -0.186. The van der Waals surface area contributed by atoms with Crippen molar-refractivity contribution >= 4 is 0 Å². The zero-order valence-corrected chi connectivity index (χ0v) is 13.3. The molecule has 0 saturated carbocycles. The quantitative estimate of drug-likeness (QED) is 0.806. The average Bonchev–Trinajstić information content (AvgIpc) is 2.46. The molecular weight excluding hydrogens is 305 g/mol. The van der Waals surface area contributed by atoms with Crippen LogP contribution in [0.4, 0.5) is 13.2 Å². The number of ether oxygens (including phenoxy) is 1. The smallest absolute Gasteiger partial charge is 0.406 e. The molecule has 1 aromatic rings. The van der Waals surface area contributed by atoms with Crippen LogP contribution in [-0.2, 0) is 6.54 Å². The molecule has 1 aliphatic rings. The third kappa shape index (κ3) is 6.62. The van der Waals surface area contributed by atoms with Gasteiger partial charge in [0, 0.05) is 19.1 Å². The van der Waals surface area contributed by atoms with Gasteiger partial charge in [-0.25, -0.2) is 0 Å². The molecule has 0 bridgehead atoms. The van der Waals surface area contributed by atoms with Crippen molar-refractivity contribution in [1.82, 2.24) is 10.2 Å². The molecule has 1 N–H and O–H groups in total. The standard InChI is InChI=1S/C17H23F3N2O/c1-13(2)12-22-9-7-15(8-10-22)21-11-14-3-5-16(6-4-14)23-17(18,19)20/h3-6,15,21H,1,7-12H2,2H3. The Morgan fingerprint density at radius 3 is 2.39 bits per heavy atom. The number of likely N-dealkylation sites (tertiary alicyclic amines) is 1. The van der Waals surface area contributed by atoms with Crippen LogP contribution in [0.5, 0.6) is 5.75 Å². The van der Waals surface area contributed by atoms with Crippen LogP contribution in [0.15, 0.2) is 36.4 Å². The van der Waals surface area contributed by atoms with Gasteiger partial charge in [-0.1, -0.05) is 24.3 Å². The van der Waals surface area contributed by atoms with E-state index in [9.17, 15) is 13.2 Å². The number of hydrogen-bond donors (Lipinski definition) is 1. The van der Waals surface area contributed by atoms with Crippen molar-refractivity contribution in [2.75, 3.05) is 19.6 Å². The molecule has 1 aliphatic heterocycles. The average molecular weight is 328 g/mol. The summed E-state index contributed by atoms with van der Waals surface area (Å²) in [5.41, 5.74) is 2.13. The number of alkyl halides is 3. The van der Waals surface area contributed by atoms with E-state index >= 15 is 0 Å². The van der Waals surface area contributed by atoms with Crippen molar-refractivity contribution in [3.8, 4) is 5.75 Å². The number of rotatable bonds is 6. The summed E-state index contributed by atoms with van der Waals surface area (Å²) in [6.07, 6.45) is -2.50. The maximum atomic E-state index is 12.1. The Morgan fingerprint density at radius 1 is 1.26 bits per heavy atom. The van der Waals surface area contributed by atoms with E-state index in [0.29, 0.717) is 12.6 Å². The van der Waals surface area contributed by atoms with E-state index in [0.717, 1.165) is 38.0 Å². The third-order valence-corrected chi connectivity index (χ3v) is 3.83. The highest BCUT2D eigenvalue weighted by atomic mass is 19.4. The summed E-state index contributed by atoms with van der Waals surface area (Å²) in [7, 11) is 0. The van der Waals surface area contributed by atoms with E-state index < -0.39 is 6.36 Å². The van der Waals surface area contributed by atoms with Crippen molar-refractivity contribution in [2.45, 2.75) is 38.7 Å². The van der Waals surface area contributed by atoms with Crippen molar-refractivity contribution < 1.29 is 17.9 Å². The van der Waals surface area contributed by atoms with Crippen LogP contribution in [0.3, 0.4) is 0 Å². The summed E-state index contributed by atoms with van der Waals surface area (Å²) < 4.78 is 40.2. The topological polar surface area (TPSA) is 24.5 Å². The molecular formula is C17H23F3N2O. The van der Waals surface area contributed by atoms with Crippen molar-refractivity contribution in [2.24, 2.45) is 0 Å². The van der Waals surface area contributed by atoms with Gasteiger partial charge in [0.15, 0.2) is 0 Å². The van der Waals surface area contributed by atoms with Crippen LogP contribution in [0.25, 0.3) is 0 Å². The Morgan fingerprint density at radius 2 is 1.87 bits per heavy atom. The lowest BCUT2D eigenvalue weighted by Crippen LogP contribution is -2.42. The first-order valence-corrected chi connectivity index (χ1v) is 7.76. The van der Waals surface area contributed by atoms with Crippen LogP contribution in [0.2, 0.25) is 0 Å². The Hall–Kier alpha value is -1.53. The molecule has 0 spiro atoms. The van der Waals surface area contributed by atoms with E-state index in [1.807, 2.05) is 6.92 Å². The van der Waals surface area contributed by atoms with Crippen molar-refractivity contribution in [1.29, 1.82) is 0 Å². The van der Waals surface area contributed by atoms with E-state index in [-0.39, 0.29) is 5.75 Å². The Labute approximate surface area is 135 Å². The van der Waals surface area contributed by atoms with Gasteiger partial charge in [-0.3, -0.25) is 4.90 Å². The molecule has 1 fully saturated rings. The Bertz CT molecular complexity index is 506. The summed E-state index contributed by atoms with van der Waals surface area (Å²) in [4.78, 5) is 2.39. The maximum absolute atomic E-state index is 12.1. The third-order valence-electron chi connectivity index (χ3n) is 3.83. The minimum absolute atomic E-state index is 0.186. The largest absolute Gasteiger partial charge is 0.573 e. The minimum atomic E-state index is -4.64. The molecule has 0 unspecified atom stereocenters. The predicted octanol–water partition coefficient (Wildman–Crippen LogP) is 3.72. The van der Waals surface area contributed by atoms with E-state index in [2.05, 4.69) is 21.5 Å². The van der Waals surface area contributed by atoms with Crippen LogP contribution in [-0.4, -0.2) is 36.9 Å². The van der Waals surface area contributed by atoms with Gasteiger partial charge in [0.2, 0.25) is 0 Å². The summed E-state index contributed by atoms with van der Waals surface area (Å²) in [6, 6.07) is 6.46. The first kappa shape index (κ1) is 17.8. The fourth-order valence-corrected chi connectivity index (χ4v) is 2.75. The van der Waals surface area contributed by atoms with E-state index in [1.54, 1.807) is 12.1 Å². The molecule has 0 radical (unpaired) electrons. The minimum Gasteiger partial charge on any atom is -0.406 e.